The molecule has 0 aromatic rings. The molecule has 0 spiro atoms. The molecule has 2 N–H and O–H groups in total. The van der Waals surface area contributed by atoms with E-state index in [0.29, 0.717) is 0 Å². The van der Waals surface area contributed by atoms with E-state index in [1.165, 1.54) is 6.92 Å². The molecule has 0 bridgehead atoms. The van der Waals surface area contributed by atoms with Crippen LogP contribution in [0.1, 0.15) is 23.6 Å². The van der Waals surface area contributed by atoms with Crippen LogP contribution in [0.3, 0.4) is 0 Å². The molecule has 0 aromatic heterocycles. The molecule has 0 unspecified atom stereocenters. The van der Waals surface area contributed by atoms with Gasteiger partial charge < -0.3 is 13.1 Å². The molecule has 6 heteroatoms. The molecule has 0 atom stereocenters. The third kappa shape index (κ3) is 4.75. The third-order valence-corrected chi connectivity index (χ3v) is 2.04. The molecule has 0 saturated heterocycles. The first-order valence-corrected chi connectivity index (χ1v) is 3.30. The first-order chi connectivity index (χ1) is 4.83. The summed E-state index contributed by atoms with van der Waals surface area (Å²) in [7, 11) is 0. The topological polar surface area (TPSA) is 74.6 Å². The number of hydrogen-bond acceptors (Lipinski definition) is 2. The molecule has 0 radical (unpaired) electrons. The van der Waals surface area contributed by atoms with E-state index in [4.69, 9.17) is 10.2 Å². The molecule has 4 nitrogen and oxygen atoms in total. The Morgan fingerprint density at radius 1 is 1.23 bits per heavy atom. The summed E-state index contributed by atoms with van der Waals surface area (Å²) in [5, 5.41) is 17.2. The normalized spacial score (nSPS) is 9.85. The zero-order valence-electron chi connectivity index (χ0n) is 10.8. The predicted molar refractivity (Wildman–Crippen MR) is 40.4 cm³/mol. The molecular formula is C7H14KNaO4. The molecule has 68 valence electrons. The predicted octanol–water partition coefficient (Wildman–Crippen LogP) is -4.95. The fourth-order valence-corrected chi connectivity index (χ4v) is 0.585. The molecule has 0 aromatic carbocycles. The average Bonchev–Trinajstić information content (AvgIpc) is 1.84. The van der Waals surface area contributed by atoms with E-state index in [0.717, 1.165) is 0 Å². The molecular weight excluding hydrogens is 210 g/mol. The Morgan fingerprint density at radius 2 is 1.46 bits per heavy atom. The van der Waals surface area contributed by atoms with Crippen LogP contribution in [0, 0.1) is 11.3 Å². The van der Waals surface area contributed by atoms with Crippen LogP contribution < -0.4 is 80.9 Å². The summed E-state index contributed by atoms with van der Waals surface area (Å²) in [6.07, 6.45) is 0. The number of carboxylic acid groups (broad SMARTS) is 2. The van der Waals surface area contributed by atoms with Crippen molar-refractivity contribution in [2.75, 3.05) is 0 Å². The molecule has 0 heterocycles. The summed E-state index contributed by atoms with van der Waals surface area (Å²) < 4.78 is 0. The second-order valence-corrected chi connectivity index (χ2v) is 2.97. The largest absolute Gasteiger partial charge is 1.00 e. The fourth-order valence-electron chi connectivity index (χ4n) is 0.585. The quantitative estimate of drug-likeness (QED) is 0.372. The van der Waals surface area contributed by atoms with Gasteiger partial charge in [0.1, 0.15) is 0 Å². The molecule has 0 fully saturated rings. The maximum Gasteiger partial charge on any atom is 1.00 e. The summed E-state index contributed by atoms with van der Waals surface area (Å²) in [4.78, 5) is 21.0. The van der Waals surface area contributed by atoms with Gasteiger partial charge in [-0.05, 0) is 12.8 Å². The minimum Gasteiger partial charge on any atom is -1.00 e. The Labute approximate surface area is 145 Å². The first kappa shape index (κ1) is 20.0. The van der Waals surface area contributed by atoms with E-state index in [-0.39, 0.29) is 83.8 Å². The SMILES string of the molecule is CC(C)C(C)(C(=O)O)C(=O)O.[H-].[H-].[K+].[Na+]. The summed E-state index contributed by atoms with van der Waals surface area (Å²) in [6.45, 7) is 4.35. The summed E-state index contributed by atoms with van der Waals surface area (Å²) in [6, 6.07) is 0. The van der Waals surface area contributed by atoms with Crippen LogP contribution in [0.15, 0.2) is 0 Å². The van der Waals surface area contributed by atoms with Crippen LogP contribution >= 0.6 is 0 Å². The van der Waals surface area contributed by atoms with E-state index in [2.05, 4.69) is 0 Å². The van der Waals surface area contributed by atoms with Gasteiger partial charge in [-0.25, -0.2) is 0 Å². The van der Waals surface area contributed by atoms with Crippen molar-refractivity contribution in [3.63, 3.8) is 0 Å². The smallest absolute Gasteiger partial charge is 1.00 e. The molecule has 0 amide bonds. The number of carbonyl (C=O) groups is 2. The second-order valence-electron chi connectivity index (χ2n) is 2.97. The van der Waals surface area contributed by atoms with E-state index in [1.54, 1.807) is 13.8 Å². The second kappa shape index (κ2) is 7.81. The van der Waals surface area contributed by atoms with Crippen LogP contribution in [0.2, 0.25) is 0 Å². The van der Waals surface area contributed by atoms with Gasteiger partial charge in [-0.15, -0.1) is 0 Å². The maximum absolute atomic E-state index is 10.5. The molecule has 13 heavy (non-hydrogen) atoms. The van der Waals surface area contributed by atoms with Gasteiger partial charge in [0.2, 0.25) is 0 Å². The van der Waals surface area contributed by atoms with Crippen molar-refractivity contribution in [3.05, 3.63) is 0 Å². The van der Waals surface area contributed by atoms with E-state index in [9.17, 15) is 9.59 Å². The molecule has 0 aliphatic carbocycles. The summed E-state index contributed by atoms with van der Waals surface area (Å²) >= 11 is 0. The minimum atomic E-state index is -1.67. The standard InChI is InChI=1S/C7H12O4.K.Na.2H/c1-4(2)7(3,5(8)9)6(10)11;;;;/h4H,1-3H3,(H,8,9)(H,10,11);;;;/q;2*+1;2*-1. The molecule has 0 saturated carbocycles. The third-order valence-electron chi connectivity index (χ3n) is 2.04. The van der Waals surface area contributed by atoms with Gasteiger partial charge in [-0.2, -0.15) is 0 Å². The van der Waals surface area contributed by atoms with Crippen molar-refractivity contribution < 1.29 is 104 Å². The fraction of sp³-hybridized carbons (Fsp3) is 0.714. The van der Waals surface area contributed by atoms with Gasteiger partial charge in [0.25, 0.3) is 0 Å². The van der Waals surface area contributed by atoms with Gasteiger partial charge in [0, 0.05) is 0 Å². The maximum atomic E-state index is 10.5. The van der Waals surface area contributed by atoms with E-state index >= 15 is 0 Å². The van der Waals surface area contributed by atoms with Crippen molar-refractivity contribution in [3.8, 4) is 0 Å². The van der Waals surface area contributed by atoms with E-state index in [1.807, 2.05) is 0 Å². The zero-order chi connectivity index (χ0) is 9.23. The van der Waals surface area contributed by atoms with Crippen molar-refractivity contribution in [2.24, 2.45) is 11.3 Å². The van der Waals surface area contributed by atoms with Crippen molar-refractivity contribution in [1.29, 1.82) is 0 Å². The van der Waals surface area contributed by atoms with Crippen molar-refractivity contribution in [1.82, 2.24) is 0 Å². The molecule has 0 rings (SSSR count). The van der Waals surface area contributed by atoms with Crippen LogP contribution in [-0.4, -0.2) is 22.2 Å². The van der Waals surface area contributed by atoms with Gasteiger partial charge in [-0.1, -0.05) is 13.8 Å². The number of carboxylic acids is 2. The van der Waals surface area contributed by atoms with Crippen LogP contribution in [-0.2, 0) is 9.59 Å². The van der Waals surface area contributed by atoms with Gasteiger partial charge in [-0.3, -0.25) is 9.59 Å². The monoisotopic (exact) mass is 224 g/mol. The summed E-state index contributed by atoms with van der Waals surface area (Å²) in [5.74, 6) is -3.00. The number of rotatable bonds is 3. The Bertz CT molecular complexity index is 187. The minimum absolute atomic E-state index is 0. The van der Waals surface area contributed by atoms with Crippen molar-refractivity contribution in [2.45, 2.75) is 20.8 Å². The Hall–Kier alpha value is 1.58. The van der Waals surface area contributed by atoms with Gasteiger partial charge in [0.05, 0.1) is 0 Å². The Balaban J connectivity index is -0.0000000833. The number of aliphatic carboxylic acids is 2. The summed E-state index contributed by atoms with van der Waals surface area (Å²) in [5.41, 5.74) is -1.67. The Morgan fingerprint density at radius 3 is 1.46 bits per heavy atom. The number of hydrogen-bond donors (Lipinski definition) is 2. The van der Waals surface area contributed by atoms with Gasteiger partial charge in [0.15, 0.2) is 5.41 Å². The molecule has 0 aliphatic rings. The van der Waals surface area contributed by atoms with Gasteiger partial charge >= 0.3 is 92.9 Å². The van der Waals surface area contributed by atoms with Crippen LogP contribution in [0.25, 0.3) is 0 Å². The first-order valence-electron chi connectivity index (χ1n) is 3.30. The Kier molecular flexibility index (Phi) is 12.1. The average molecular weight is 224 g/mol. The van der Waals surface area contributed by atoms with Crippen LogP contribution in [0.5, 0.6) is 0 Å². The van der Waals surface area contributed by atoms with E-state index < -0.39 is 23.3 Å². The molecule has 0 aliphatic heterocycles. The van der Waals surface area contributed by atoms with Crippen LogP contribution in [0.4, 0.5) is 0 Å². The van der Waals surface area contributed by atoms with Crippen molar-refractivity contribution >= 4 is 11.9 Å². The zero-order valence-corrected chi connectivity index (χ0v) is 13.9.